The molecule has 1 fully saturated rings. The van der Waals surface area contributed by atoms with Crippen molar-refractivity contribution < 1.29 is 35.7 Å². The average molecular weight is 418 g/mol. The van der Waals surface area contributed by atoms with E-state index in [1.165, 1.54) is 13.8 Å². The van der Waals surface area contributed by atoms with Gasteiger partial charge in [-0.15, -0.1) is 0 Å². The quantitative estimate of drug-likeness (QED) is 0.549. The zero-order valence-electron chi connectivity index (χ0n) is 11.2. The Hall–Kier alpha value is -0.0600. The molecule has 21 heavy (non-hydrogen) atoms. The van der Waals surface area contributed by atoms with E-state index in [9.17, 15) is 31.5 Å². The lowest BCUT2D eigenvalue weighted by Crippen LogP contribution is -2.54. The van der Waals surface area contributed by atoms with Crippen LogP contribution in [0.15, 0.2) is 0 Å². The summed E-state index contributed by atoms with van der Waals surface area (Å²) in [6, 6.07) is 0. The largest absolute Gasteiger partial charge is 0.481 e. The summed E-state index contributed by atoms with van der Waals surface area (Å²) in [5.74, 6) is -1.60. The maximum atomic E-state index is 13.1. The van der Waals surface area contributed by atoms with E-state index in [1.54, 1.807) is 0 Å². The number of carboxylic acids is 1. The van der Waals surface area contributed by atoms with Crippen LogP contribution in [0.3, 0.4) is 0 Å². The van der Waals surface area contributed by atoms with Gasteiger partial charge in [-0.05, 0) is 11.8 Å². The fraction of sp³-hybridized carbons (Fsp3) is 0.900. The number of rotatable bonds is 5. The predicted molar refractivity (Wildman–Crippen MR) is 71.7 cm³/mol. The zero-order valence-corrected chi connectivity index (χ0v) is 14.3. The van der Waals surface area contributed by atoms with Crippen molar-refractivity contribution in [3.8, 4) is 0 Å². The molecule has 1 N–H and O–H groups in total. The van der Waals surface area contributed by atoms with Gasteiger partial charge in [0.05, 0.1) is 6.26 Å². The molecule has 11 heteroatoms. The number of carboxylic acid groups (broad SMARTS) is 1. The lowest BCUT2D eigenvalue weighted by atomic mass is 9.87. The molecule has 5 nitrogen and oxygen atoms in total. The van der Waals surface area contributed by atoms with Gasteiger partial charge in [0.2, 0.25) is 3.78 Å². The normalized spacial score (nSPS) is 29.5. The fourth-order valence-electron chi connectivity index (χ4n) is 2.35. The molecule has 0 aromatic carbocycles. The van der Waals surface area contributed by atoms with Gasteiger partial charge in [-0.1, -0.05) is 41.4 Å². The van der Waals surface area contributed by atoms with Crippen LogP contribution in [-0.4, -0.2) is 41.8 Å². The molecule has 1 saturated carbocycles. The molecular weight excluding hydrogens is 405 g/mol. The lowest BCUT2D eigenvalue weighted by molar-refractivity contribution is -0.172. The number of alkyl halides is 5. The molecule has 0 radical (unpaired) electrons. The number of hydrogen-bond acceptors (Lipinski definition) is 4. The second-order valence-electron chi connectivity index (χ2n) is 5.64. The Labute approximate surface area is 133 Å². The summed E-state index contributed by atoms with van der Waals surface area (Å²) in [6.07, 6.45) is -7.16. The van der Waals surface area contributed by atoms with E-state index in [-0.39, 0.29) is 6.42 Å². The lowest BCUT2D eigenvalue weighted by Gasteiger charge is -2.36. The van der Waals surface area contributed by atoms with E-state index in [1.807, 2.05) is 0 Å². The van der Waals surface area contributed by atoms with Crippen LogP contribution in [0.2, 0.25) is 0 Å². The highest BCUT2D eigenvalue weighted by molar-refractivity contribution is 9.10. The van der Waals surface area contributed by atoms with Gasteiger partial charge in [-0.3, -0.25) is 8.98 Å². The summed E-state index contributed by atoms with van der Waals surface area (Å²) in [5, 5.41) is 9.31. The monoisotopic (exact) mass is 416 g/mol. The van der Waals surface area contributed by atoms with Gasteiger partial charge >= 0.3 is 12.1 Å². The summed E-state index contributed by atoms with van der Waals surface area (Å²) in [7, 11) is -4.37. The molecule has 0 saturated heterocycles. The first kappa shape index (κ1) is 19.0. The Morgan fingerprint density at radius 1 is 1.43 bits per heavy atom. The molecule has 1 rings (SSSR count). The Kier molecular flexibility index (Phi) is 4.49. The van der Waals surface area contributed by atoms with E-state index < -0.39 is 43.0 Å². The summed E-state index contributed by atoms with van der Waals surface area (Å²) in [6.45, 7) is 2.80. The van der Waals surface area contributed by atoms with Crippen LogP contribution >= 0.6 is 27.5 Å². The minimum atomic E-state index is -5.13. The van der Waals surface area contributed by atoms with Crippen LogP contribution < -0.4 is 0 Å². The van der Waals surface area contributed by atoms with Crippen molar-refractivity contribution in [3.63, 3.8) is 0 Å². The molecule has 1 aliphatic rings. The van der Waals surface area contributed by atoms with Crippen molar-refractivity contribution >= 4 is 43.6 Å². The molecule has 0 heterocycles. The first-order valence-corrected chi connectivity index (χ1v) is 8.54. The predicted octanol–water partition coefficient (Wildman–Crippen LogP) is 2.72. The summed E-state index contributed by atoms with van der Waals surface area (Å²) >= 11 is 7.62. The van der Waals surface area contributed by atoms with E-state index in [2.05, 4.69) is 20.1 Å². The van der Waals surface area contributed by atoms with Crippen molar-refractivity contribution in [3.05, 3.63) is 0 Å². The molecule has 124 valence electrons. The van der Waals surface area contributed by atoms with E-state index in [0.717, 1.165) is 0 Å². The smallest absolute Gasteiger partial charge is 0.420 e. The maximum Gasteiger partial charge on any atom is 0.420 e. The van der Waals surface area contributed by atoms with Crippen LogP contribution in [0.4, 0.5) is 13.2 Å². The summed E-state index contributed by atoms with van der Waals surface area (Å²) < 4.78 is 62.9. The fourth-order valence-corrected chi connectivity index (χ4v) is 3.90. The van der Waals surface area contributed by atoms with Crippen molar-refractivity contribution in [2.45, 2.75) is 36.3 Å². The molecule has 0 aromatic rings. The van der Waals surface area contributed by atoms with Gasteiger partial charge < -0.3 is 5.11 Å². The summed E-state index contributed by atoms with van der Waals surface area (Å²) in [5.41, 5.74) is -3.18. The number of aliphatic carboxylic acids is 1. The minimum Gasteiger partial charge on any atom is -0.481 e. The van der Waals surface area contributed by atoms with Crippen LogP contribution in [0, 0.1) is 10.8 Å². The highest BCUT2D eigenvalue weighted by Gasteiger charge is 2.79. The number of halogens is 5. The third kappa shape index (κ3) is 3.18. The van der Waals surface area contributed by atoms with E-state index in [4.69, 9.17) is 11.6 Å². The third-order valence-corrected chi connectivity index (χ3v) is 5.43. The molecule has 3 atom stereocenters. The van der Waals surface area contributed by atoms with Gasteiger partial charge in [0.25, 0.3) is 10.1 Å². The van der Waals surface area contributed by atoms with Crippen LogP contribution in [0.25, 0.3) is 0 Å². The van der Waals surface area contributed by atoms with Crippen molar-refractivity contribution in [1.29, 1.82) is 0 Å². The van der Waals surface area contributed by atoms with Gasteiger partial charge in [0, 0.05) is 0 Å². The SMILES string of the molecule is CC1(C)CC1(C(=O)O)C(OS(C)(=O)=O)C(Cl)(Br)C(F)(F)F. The molecule has 0 amide bonds. The van der Waals surface area contributed by atoms with Gasteiger partial charge in [0.15, 0.2) is 0 Å². The Morgan fingerprint density at radius 3 is 2.00 bits per heavy atom. The van der Waals surface area contributed by atoms with Gasteiger partial charge in [-0.2, -0.15) is 21.6 Å². The Morgan fingerprint density at radius 2 is 1.81 bits per heavy atom. The molecule has 0 aromatic heterocycles. The topological polar surface area (TPSA) is 80.7 Å². The molecule has 0 aliphatic heterocycles. The minimum absolute atomic E-state index is 0.203. The Bertz CT molecular complexity index is 560. The van der Waals surface area contributed by atoms with E-state index in [0.29, 0.717) is 6.26 Å². The maximum absolute atomic E-state index is 13.1. The van der Waals surface area contributed by atoms with Gasteiger partial charge in [0.1, 0.15) is 11.5 Å². The van der Waals surface area contributed by atoms with Crippen molar-refractivity contribution in [2.24, 2.45) is 10.8 Å². The highest BCUT2D eigenvalue weighted by Crippen LogP contribution is 2.70. The van der Waals surface area contributed by atoms with Crippen LogP contribution in [0.1, 0.15) is 20.3 Å². The van der Waals surface area contributed by atoms with E-state index >= 15 is 0 Å². The molecule has 1 aliphatic carbocycles. The van der Waals surface area contributed by atoms with Crippen molar-refractivity contribution in [2.75, 3.05) is 6.26 Å². The van der Waals surface area contributed by atoms with Crippen molar-refractivity contribution in [1.82, 2.24) is 0 Å². The second kappa shape index (κ2) is 4.97. The number of carbonyl (C=O) groups is 1. The standard InChI is InChI=1S/C10H13BrClF3O5S/c1-7(2)4-8(7,6(16)17)5(20-21(3,18)19)9(11,12)10(13,14)15/h5H,4H2,1-3H3,(H,16,17). The first-order chi connectivity index (χ1) is 8.99. The first-order valence-electron chi connectivity index (χ1n) is 5.55. The average Bonchev–Trinajstić information content (AvgIpc) is 2.76. The summed E-state index contributed by atoms with van der Waals surface area (Å²) in [4.78, 5) is 11.5. The van der Waals surface area contributed by atoms with Crippen LogP contribution in [-0.2, 0) is 19.1 Å². The zero-order chi connectivity index (χ0) is 17.1. The molecule has 0 bridgehead atoms. The molecule has 0 spiro atoms. The molecular formula is C10H13BrClF3O5S. The van der Waals surface area contributed by atoms with Crippen LogP contribution in [0.5, 0.6) is 0 Å². The number of hydrogen-bond donors (Lipinski definition) is 1. The molecule has 3 unspecified atom stereocenters. The third-order valence-electron chi connectivity index (χ3n) is 3.61. The second-order valence-corrected chi connectivity index (χ2v) is 9.54. The Balaban J connectivity index is 3.46. The van der Waals surface area contributed by atoms with Gasteiger partial charge in [-0.25, -0.2) is 0 Å². The highest BCUT2D eigenvalue weighted by atomic mass is 79.9.